The predicted octanol–water partition coefficient (Wildman–Crippen LogP) is 1.55. The molecule has 1 atom stereocenters. The van der Waals surface area contributed by atoms with Crippen molar-refractivity contribution in [1.82, 2.24) is 9.88 Å². The first kappa shape index (κ1) is 17.9. The molecule has 1 aromatic rings. The number of aryl methyl sites for hydroxylation is 2. The highest BCUT2D eigenvalue weighted by Crippen LogP contribution is 2.05. The van der Waals surface area contributed by atoms with Crippen molar-refractivity contribution in [3.05, 3.63) is 34.2 Å². The first-order chi connectivity index (χ1) is 10.3. The average Bonchev–Trinajstić information content (AvgIpc) is 2.42. The summed E-state index contributed by atoms with van der Waals surface area (Å²) in [6.45, 7) is 6.00. The molecule has 1 unspecified atom stereocenters. The lowest BCUT2D eigenvalue weighted by molar-refractivity contribution is -0.142. The van der Waals surface area contributed by atoms with Crippen molar-refractivity contribution in [2.45, 2.75) is 52.6 Å². The molecule has 0 aliphatic rings. The highest BCUT2D eigenvalue weighted by atomic mass is 16.4. The van der Waals surface area contributed by atoms with Crippen LogP contribution in [0.4, 0.5) is 0 Å². The summed E-state index contributed by atoms with van der Waals surface area (Å²) in [5, 5.41) is 11.6. The molecule has 0 saturated carbocycles. The fourth-order valence-corrected chi connectivity index (χ4v) is 2.20. The van der Waals surface area contributed by atoms with E-state index in [2.05, 4.69) is 5.32 Å². The molecule has 1 amide bonds. The molecule has 22 heavy (non-hydrogen) atoms. The number of amides is 1. The van der Waals surface area contributed by atoms with Crippen LogP contribution in [0.15, 0.2) is 23.1 Å². The van der Waals surface area contributed by atoms with E-state index in [1.807, 2.05) is 13.8 Å². The van der Waals surface area contributed by atoms with Gasteiger partial charge < -0.3 is 15.0 Å². The van der Waals surface area contributed by atoms with E-state index in [0.717, 1.165) is 0 Å². The Kier molecular flexibility index (Phi) is 6.82. The number of nitrogens with one attached hydrogen (secondary N) is 1. The van der Waals surface area contributed by atoms with E-state index in [4.69, 9.17) is 5.11 Å². The van der Waals surface area contributed by atoms with Crippen molar-refractivity contribution in [1.29, 1.82) is 0 Å². The van der Waals surface area contributed by atoms with E-state index in [0.29, 0.717) is 24.9 Å². The van der Waals surface area contributed by atoms with Crippen LogP contribution < -0.4 is 10.9 Å². The first-order valence-electron chi connectivity index (χ1n) is 7.49. The Bertz CT molecular complexity index is 578. The molecular formula is C16H24N2O4. The number of hydrogen-bond donors (Lipinski definition) is 2. The Morgan fingerprint density at radius 2 is 2.05 bits per heavy atom. The number of rotatable bonds is 8. The molecule has 0 radical (unpaired) electrons. The normalized spacial score (nSPS) is 12.2. The number of carbonyl (C=O) groups is 2. The third kappa shape index (κ3) is 5.71. The molecule has 0 aliphatic carbocycles. The molecule has 0 saturated heterocycles. The summed E-state index contributed by atoms with van der Waals surface area (Å²) >= 11 is 0. The van der Waals surface area contributed by atoms with Gasteiger partial charge >= 0.3 is 5.97 Å². The number of pyridine rings is 1. The zero-order chi connectivity index (χ0) is 16.7. The Morgan fingerprint density at radius 1 is 1.36 bits per heavy atom. The molecule has 0 aliphatic heterocycles. The van der Waals surface area contributed by atoms with Gasteiger partial charge in [0.2, 0.25) is 5.91 Å². The zero-order valence-corrected chi connectivity index (χ0v) is 13.3. The van der Waals surface area contributed by atoms with Gasteiger partial charge in [-0.15, -0.1) is 0 Å². The van der Waals surface area contributed by atoms with E-state index < -0.39 is 12.0 Å². The van der Waals surface area contributed by atoms with Gasteiger partial charge in [-0.05, 0) is 31.7 Å². The summed E-state index contributed by atoms with van der Waals surface area (Å²) in [7, 11) is 0. The fourth-order valence-electron chi connectivity index (χ4n) is 2.20. The summed E-state index contributed by atoms with van der Waals surface area (Å²) in [5.41, 5.74) is 0.598. The SMILES string of the molecule is Cc1cccn(CCCC(=O)NC(CC(C)C)C(=O)O)c1=O. The summed E-state index contributed by atoms with van der Waals surface area (Å²) in [4.78, 5) is 34.7. The van der Waals surface area contributed by atoms with Crippen molar-refractivity contribution >= 4 is 11.9 Å². The van der Waals surface area contributed by atoms with Gasteiger partial charge in [-0.25, -0.2) is 4.79 Å². The van der Waals surface area contributed by atoms with Gasteiger partial charge in [-0.2, -0.15) is 0 Å². The monoisotopic (exact) mass is 308 g/mol. The number of carbonyl (C=O) groups excluding carboxylic acids is 1. The Hall–Kier alpha value is -2.11. The number of carboxylic acid groups (broad SMARTS) is 1. The standard InChI is InChI=1S/C16H24N2O4/c1-11(2)10-13(16(21)22)17-14(19)7-5-9-18-8-4-6-12(3)15(18)20/h4,6,8,11,13H,5,7,9-10H2,1-3H3,(H,17,19)(H,21,22). The second-order valence-corrected chi connectivity index (χ2v) is 5.88. The maximum Gasteiger partial charge on any atom is 0.326 e. The number of carboxylic acids is 1. The molecular weight excluding hydrogens is 284 g/mol. The number of nitrogens with zero attached hydrogens (tertiary/aromatic N) is 1. The zero-order valence-electron chi connectivity index (χ0n) is 13.3. The van der Waals surface area contributed by atoms with Crippen LogP contribution >= 0.6 is 0 Å². The van der Waals surface area contributed by atoms with E-state index >= 15 is 0 Å². The minimum Gasteiger partial charge on any atom is -0.480 e. The highest BCUT2D eigenvalue weighted by molar-refractivity contribution is 5.83. The molecule has 1 rings (SSSR count). The summed E-state index contributed by atoms with van der Waals surface area (Å²) in [5.74, 6) is -1.13. The first-order valence-corrected chi connectivity index (χ1v) is 7.49. The van der Waals surface area contributed by atoms with Crippen LogP contribution in [0.3, 0.4) is 0 Å². The minimum absolute atomic E-state index is 0.0638. The van der Waals surface area contributed by atoms with Crippen LogP contribution in [0.2, 0.25) is 0 Å². The molecule has 1 aromatic heterocycles. The summed E-state index contributed by atoms with van der Waals surface area (Å²) in [6, 6.07) is 2.68. The maximum atomic E-state index is 11.8. The van der Waals surface area contributed by atoms with Gasteiger partial charge in [-0.1, -0.05) is 19.9 Å². The Balaban J connectivity index is 2.47. The molecule has 0 spiro atoms. The molecule has 1 heterocycles. The quantitative estimate of drug-likeness (QED) is 0.762. The number of aliphatic carboxylic acids is 1. The topological polar surface area (TPSA) is 88.4 Å². The Labute approximate surface area is 130 Å². The van der Waals surface area contributed by atoms with E-state index in [1.54, 1.807) is 29.8 Å². The van der Waals surface area contributed by atoms with Gasteiger partial charge in [0.15, 0.2) is 0 Å². The lowest BCUT2D eigenvalue weighted by Crippen LogP contribution is -2.41. The molecule has 0 fully saturated rings. The van der Waals surface area contributed by atoms with Crippen LogP contribution in [0, 0.1) is 12.8 Å². The van der Waals surface area contributed by atoms with Gasteiger partial charge in [0, 0.05) is 24.7 Å². The molecule has 0 aromatic carbocycles. The van der Waals surface area contributed by atoms with Gasteiger partial charge in [0.25, 0.3) is 5.56 Å². The Morgan fingerprint density at radius 3 is 2.64 bits per heavy atom. The van der Waals surface area contributed by atoms with Gasteiger partial charge in [0.1, 0.15) is 6.04 Å². The van der Waals surface area contributed by atoms with E-state index in [1.165, 1.54) is 0 Å². The van der Waals surface area contributed by atoms with E-state index in [9.17, 15) is 14.4 Å². The number of hydrogen-bond acceptors (Lipinski definition) is 3. The predicted molar refractivity (Wildman–Crippen MR) is 83.7 cm³/mol. The molecule has 2 N–H and O–H groups in total. The molecule has 6 heteroatoms. The highest BCUT2D eigenvalue weighted by Gasteiger charge is 2.20. The van der Waals surface area contributed by atoms with Crippen molar-refractivity contribution in [3.63, 3.8) is 0 Å². The lowest BCUT2D eigenvalue weighted by atomic mass is 10.0. The second kappa shape index (κ2) is 8.36. The van der Waals surface area contributed by atoms with Crippen LogP contribution in [0.5, 0.6) is 0 Å². The minimum atomic E-state index is -1.02. The number of aromatic nitrogens is 1. The molecule has 122 valence electrons. The van der Waals surface area contributed by atoms with Crippen LogP contribution in [0.1, 0.15) is 38.7 Å². The van der Waals surface area contributed by atoms with Crippen LogP contribution in [-0.2, 0) is 16.1 Å². The van der Waals surface area contributed by atoms with Crippen LogP contribution in [0.25, 0.3) is 0 Å². The third-order valence-corrected chi connectivity index (χ3v) is 3.35. The van der Waals surface area contributed by atoms with Crippen molar-refractivity contribution in [2.24, 2.45) is 5.92 Å². The van der Waals surface area contributed by atoms with Crippen molar-refractivity contribution < 1.29 is 14.7 Å². The van der Waals surface area contributed by atoms with Gasteiger partial charge in [0.05, 0.1) is 0 Å². The van der Waals surface area contributed by atoms with Crippen LogP contribution in [-0.4, -0.2) is 27.6 Å². The molecule has 0 bridgehead atoms. The summed E-state index contributed by atoms with van der Waals surface area (Å²) < 4.78 is 1.56. The third-order valence-electron chi connectivity index (χ3n) is 3.35. The maximum absolute atomic E-state index is 11.8. The largest absolute Gasteiger partial charge is 0.480 e. The second-order valence-electron chi connectivity index (χ2n) is 5.88. The molecule has 6 nitrogen and oxygen atoms in total. The lowest BCUT2D eigenvalue weighted by Gasteiger charge is -2.16. The van der Waals surface area contributed by atoms with E-state index in [-0.39, 0.29) is 23.8 Å². The van der Waals surface area contributed by atoms with Gasteiger partial charge in [-0.3, -0.25) is 9.59 Å². The van der Waals surface area contributed by atoms with Crippen molar-refractivity contribution in [2.75, 3.05) is 0 Å². The average molecular weight is 308 g/mol. The summed E-state index contributed by atoms with van der Waals surface area (Å²) in [6.07, 6.45) is 2.77. The fraction of sp³-hybridized carbons (Fsp3) is 0.562. The van der Waals surface area contributed by atoms with Crippen molar-refractivity contribution in [3.8, 4) is 0 Å². The smallest absolute Gasteiger partial charge is 0.326 e.